The quantitative estimate of drug-likeness (QED) is 0.841. The van der Waals surface area contributed by atoms with Crippen LogP contribution in [-0.2, 0) is 10.0 Å². The molecule has 2 rings (SSSR count). The number of sulfonamides is 1. The number of anilines is 1. The molecule has 2 aromatic carbocycles. The first-order valence-corrected chi connectivity index (χ1v) is 7.50. The molecule has 0 spiro atoms. The summed E-state index contributed by atoms with van der Waals surface area (Å²) in [5, 5.41) is 9.13. The van der Waals surface area contributed by atoms with Crippen LogP contribution in [-0.4, -0.2) is 13.5 Å². The van der Waals surface area contributed by atoms with E-state index in [-0.39, 0.29) is 26.4 Å². The lowest BCUT2D eigenvalue weighted by Gasteiger charge is -2.10. The standard InChI is InChI=1S/C12H8Cl2FNO3S/c13-9-3-1-7(15)5-12(9)20(18,19)16-8-2-4-11(17)10(14)6-8/h1-6,16-17H. The minimum Gasteiger partial charge on any atom is -0.506 e. The monoisotopic (exact) mass is 335 g/mol. The van der Waals surface area contributed by atoms with E-state index >= 15 is 0 Å². The normalized spacial score (nSPS) is 11.3. The van der Waals surface area contributed by atoms with Gasteiger partial charge in [0.15, 0.2) is 0 Å². The molecule has 0 saturated heterocycles. The predicted molar refractivity (Wildman–Crippen MR) is 75.3 cm³/mol. The fourth-order valence-electron chi connectivity index (χ4n) is 1.46. The van der Waals surface area contributed by atoms with Gasteiger partial charge in [-0.15, -0.1) is 0 Å². The summed E-state index contributed by atoms with van der Waals surface area (Å²) in [6.45, 7) is 0. The molecule has 0 saturated carbocycles. The first-order valence-electron chi connectivity index (χ1n) is 5.26. The van der Waals surface area contributed by atoms with Crippen molar-refractivity contribution in [2.45, 2.75) is 4.90 Å². The Hall–Kier alpha value is -1.50. The van der Waals surface area contributed by atoms with Gasteiger partial charge in [0.2, 0.25) is 0 Å². The SMILES string of the molecule is O=S(=O)(Nc1ccc(O)c(Cl)c1)c1cc(F)ccc1Cl. The second kappa shape index (κ2) is 5.47. The second-order valence-electron chi connectivity index (χ2n) is 3.85. The Kier molecular flexibility index (Phi) is 4.08. The molecule has 20 heavy (non-hydrogen) atoms. The van der Waals surface area contributed by atoms with Gasteiger partial charge in [0.1, 0.15) is 16.5 Å². The Morgan fingerprint density at radius 3 is 2.40 bits per heavy atom. The smallest absolute Gasteiger partial charge is 0.263 e. The lowest BCUT2D eigenvalue weighted by atomic mass is 10.3. The molecule has 4 nitrogen and oxygen atoms in total. The van der Waals surface area contributed by atoms with E-state index in [1.165, 1.54) is 18.2 Å². The fourth-order valence-corrected chi connectivity index (χ4v) is 3.21. The van der Waals surface area contributed by atoms with Crippen molar-refractivity contribution in [3.63, 3.8) is 0 Å². The highest BCUT2D eigenvalue weighted by Gasteiger charge is 2.19. The van der Waals surface area contributed by atoms with E-state index < -0.39 is 15.8 Å². The van der Waals surface area contributed by atoms with E-state index in [0.717, 1.165) is 18.2 Å². The van der Waals surface area contributed by atoms with Gasteiger partial charge in [-0.05, 0) is 36.4 Å². The molecular weight excluding hydrogens is 328 g/mol. The fraction of sp³-hybridized carbons (Fsp3) is 0. The summed E-state index contributed by atoms with van der Waals surface area (Å²) in [6.07, 6.45) is 0. The van der Waals surface area contributed by atoms with Gasteiger partial charge in [0, 0.05) is 0 Å². The molecular formula is C12H8Cl2FNO3S. The van der Waals surface area contributed by atoms with Crippen LogP contribution in [0.4, 0.5) is 10.1 Å². The Labute approximate surface area is 124 Å². The molecule has 2 aromatic rings. The van der Waals surface area contributed by atoms with Gasteiger partial charge in [0.05, 0.1) is 15.7 Å². The molecule has 0 heterocycles. The van der Waals surface area contributed by atoms with Crippen LogP contribution in [0.1, 0.15) is 0 Å². The first-order chi connectivity index (χ1) is 9.29. The van der Waals surface area contributed by atoms with Crippen LogP contribution in [0.2, 0.25) is 10.0 Å². The summed E-state index contributed by atoms with van der Waals surface area (Å²) < 4.78 is 39.5. The van der Waals surface area contributed by atoms with Crippen LogP contribution in [0.25, 0.3) is 0 Å². The minimum absolute atomic E-state index is 0.0180. The Morgan fingerprint density at radius 2 is 1.75 bits per heavy atom. The number of hydrogen-bond donors (Lipinski definition) is 2. The van der Waals surface area contributed by atoms with Gasteiger partial charge >= 0.3 is 0 Å². The summed E-state index contributed by atoms with van der Waals surface area (Å²) in [5.41, 5.74) is 0.119. The molecule has 0 bridgehead atoms. The highest BCUT2D eigenvalue weighted by atomic mass is 35.5. The third-order valence-electron chi connectivity index (χ3n) is 2.38. The summed E-state index contributed by atoms with van der Waals surface area (Å²) in [6, 6.07) is 6.78. The van der Waals surface area contributed by atoms with Gasteiger partial charge in [-0.25, -0.2) is 12.8 Å². The van der Waals surface area contributed by atoms with Crippen molar-refractivity contribution < 1.29 is 17.9 Å². The first kappa shape index (κ1) is 14.9. The highest BCUT2D eigenvalue weighted by Crippen LogP contribution is 2.29. The van der Waals surface area contributed by atoms with Gasteiger partial charge in [-0.1, -0.05) is 23.2 Å². The maximum Gasteiger partial charge on any atom is 0.263 e. The van der Waals surface area contributed by atoms with Crippen LogP contribution < -0.4 is 4.72 Å². The molecule has 8 heteroatoms. The van der Waals surface area contributed by atoms with Crippen molar-refractivity contribution in [2.24, 2.45) is 0 Å². The Balaban J connectivity index is 2.40. The molecule has 0 fully saturated rings. The van der Waals surface area contributed by atoms with Crippen molar-refractivity contribution in [1.82, 2.24) is 0 Å². The van der Waals surface area contributed by atoms with Crippen molar-refractivity contribution >= 4 is 38.9 Å². The minimum atomic E-state index is -4.06. The van der Waals surface area contributed by atoms with Crippen molar-refractivity contribution in [3.8, 4) is 5.75 Å². The lowest BCUT2D eigenvalue weighted by molar-refractivity contribution is 0.475. The number of phenolic OH excluding ortho intramolecular Hbond substituents is 1. The van der Waals surface area contributed by atoms with Crippen LogP contribution >= 0.6 is 23.2 Å². The third kappa shape index (κ3) is 3.15. The lowest BCUT2D eigenvalue weighted by Crippen LogP contribution is -2.13. The Bertz CT molecular complexity index is 765. The zero-order chi connectivity index (χ0) is 14.9. The average molecular weight is 336 g/mol. The third-order valence-corrected chi connectivity index (χ3v) is 4.55. The van der Waals surface area contributed by atoms with Gasteiger partial charge in [-0.2, -0.15) is 0 Å². The van der Waals surface area contributed by atoms with Gasteiger partial charge in [-0.3, -0.25) is 4.72 Å². The summed E-state index contributed by atoms with van der Waals surface area (Å²) in [7, 11) is -4.06. The molecule has 0 aliphatic rings. The van der Waals surface area contributed by atoms with Gasteiger partial charge in [0.25, 0.3) is 10.0 Å². The molecule has 0 aromatic heterocycles. The van der Waals surface area contributed by atoms with E-state index in [4.69, 9.17) is 23.2 Å². The maximum absolute atomic E-state index is 13.1. The van der Waals surface area contributed by atoms with Crippen LogP contribution in [0.5, 0.6) is 5.75 Å². The van der Waals surface area contributed by atoms with Gasteiger partial charge < -0.3 is 5.11 Å². The van der Waals surface area contributed by atoms with E-state index in [1.54, 1.807) is 0 Å². The molecule has 0 amide bonds. The van der Waals surface area contributed by atoms with Crippen LogP contribution in [0.3, 0.4) is 0 Å². The van der Waals surface area contributed by atoms with E-state index in [0.29, 0.717) is 0 Å². The average Bonchev–Trinajstić information content (AvgIpc) is 2.36. The number of benzene rings is 2. The topological polar surface area (TPSA) is 66.4 Å². The van der Waals surface area contributed by atoms with Crippen LogP contribution in [0.15, 0.2) is 41.3 Å². The molecule has 0 unspecified atom stereocenters. The number of hydrogen-bond acceptors (Lipinski definition) is 3. The summed E-state index contributed by atoms with van der Waals surface area (Å²) >= 11 is 11.4. The molecule has 106 valence electrons. The highest BCUT2D eigenvalue weighted by molar-refractivity contribution is 7.92. The molecule has 0 aliphatic carbocycles. The molecule has 0 aliphatic heterocycles. The number of aromatic hydroxyl groups is 1. The largest absolute Gasteiger partial charge is 0.506 e. The predicted octanol–water partition coefficient (Wildman–Crippen LogP) is 3.64. The van der Waals surface area contributed by atoms with Crippen molar-refractivity contribution in [1.29, 1.82) is 0 Å². The molecule has 0 atom stereocenters. The number of rotatable bonds is 3. The number of halogens is 3. The Morgan fingerprint density at radius 1 is 1.05 bits per heavy atom. The second-order valence-corrected chi connectivity index (χ2v) is 6.31. The summed E-state index contributed by atoms with van der Waals surface area (Å²) in [5.74, 6) is -0.906. The van der Waals surface area contributed by atoms with E-state index in [1.807, 2.05) is 0 Å². The van der Waals surface area contributed by atoms with Crippen molar-refractivity contribution in [2.75, 3.05) is 4.72 Å². The molecule has 2 N–H and O–H groups in total. The zero-order valence-electron chi connectivity index (χ0n) is 9.77. The molecule has 0 radical (unpaired) electrons. The zero-order valence-corrected chi connectivity index (χ0v) is 12.1. The van der Waals surface area contributed by atoms with Crippen LogP contribution in [0, 0.1) is 5.82 Å². The van der Waals surface area contributed by atoms with E-state index in [2.05, 4.69) is 4.72 Å². The van der Waals surface area contributed by atoms with Crippen molar-refractivity contribution in [3.05, 3.63) is 52.3 Å². The number of phenols is 1. The summed E-state index contributed by atoms with van der Waals surface area (Å²) in [4.78, 5) is -0.386. The van der Waals surface area contributed by atoms with E-state index in [9.17, 15) is 17.9 Å². The number of nitrogens with one attached hydrogen (secondary N) is 1. The maximum atomic E-state index is 13.1.